The first kappa shape index (κ1) is 16.0. The quantitative estimate of drug-likeness (QED) is 0.522. The molecule has 0 bridgehead atoms. The molecule has 0 saturated carbocycles. The summed E-state index contributed by atoms with van der Waals surface area (Å²) < 4.78 is 11.0. The van der Waals surface area contributed by atoms with E-state index in [1.807, 2.05) is 60.7 Å². The fourth-order valence-electron chi connectivity index (χ4n) is 2.75. The Kier molecular flexibility index (Phi) is 4.15. The summed E-state index contributed by atoms with van der Waals surface area (Å²) in [5.74, 6) is 0.147. The molecule has 0 aliphatic carbocycles. The van der Waals surface area contributed by atoms with Gasteiger partial charge in [0.2, 0.25) is 6.10 Å². The van der Waals surface area contributed by atoms with E-state index in [2.05, 4.69) is 15.1 Å². The van der Waals surface area contributed by atoms with E-state index in [1.165, 1.54) is 0 Å². The lowest BCUT2D eigenvalue weighted by Gasteiger charge is -2.15. The molecule has 26 heavy (non-hydrogen) atoms. The maximum Gasteiger partial charge on any atom is 0.358 e. The Morgan fingerprint density at radius 1 is 1.04 bits per heavy atom. The summed E-state index contributed by atoms with van der Waals surface area (Å²) in [6.07, 6.45) is 0.790. The van der Waals surface area contributed by atoms with Crippen molar-refractivity contribution >= 4 is 16.7 Å². The zero-order valence-corrected chi connectivity index (χ0v) is 14.0. The third-order valence-corrected chi connectivity index (χ3v) is 3.96. The van der Waals surface area contributed by atoms with Crippen LogP contribution in [0.15, 0.2) is 71.4 Å². The van der Waals surface area contributed by atoms with E-state index < -0.39 is 12.1 Å². The molecule has 2 heterocycles. The van der Waals surface area contributed by atoms with Gasteiger partial charge >= 0.3 is 5.97 Å². The predicted octanol–water partition coefficient (Wildman–Crippen LogP) is 3.87. The van der Waals surface area contributed by atoms with Crippen LogP contribution in [0.4, 0.5) is 0 Å². The fraction of sp³-hybridized carbons (Fsp3) is 0.100. The van der Waals surface area contributed by atoms with Gasteiger partial charge in [-0.05, 0) is 18.4 Å². The number of hydrogen-bond donors (Lipinski definition) is 0. The molecule has 2 aromatic carbocycles. The molecule has 4 rings (SSSR count). The van der Waals surface area contributed by atoms with E-state index in [0.29, 0.717) is 5.82 Å². The molecule has 0 spiro atoms. The fourth-order valence-corrected chi connectivity index (χ4v) is 2.75. The van der Waals surface area contributed by atoms with Gasteiger partial charge in [-0.2, -0.15) is 4.98 Å². The molecule has 6 heteroatoms. The normalized spacial score (nSPS) is 12.0. The molecule has 1 unspecified atom stereocenters. The number of pyridine rings is 1. The molecule has 1 atom stereocenters. The number of carbonyl (C=O) groups is 1. The lowest BCUT2D eigenvalue weighted by Crippen LogP contribution is -2.15. The van der Waals surface area contributed by atoms with Crippen molar-refractivity contribution in [1.82, 2.24) is 15.1 Å². The number of carbonyl (C=O) groups excluding carboxylic acids is 1. The predicted molar refractivity (Wildman–Crippen MR) is 94.5 cm³/mol. The summed E-state index contributed by atoms with van der Waals surface area (Å²) in [6.45, 7) is 1.71. The van der Waals surface area contributed by atoms with Crippen molar-refractivity contribution in [3.63, 3.8) is 0 Å². The molecule has 4 aromatic rings. The first-order chi connectivity index (χ1) is 12.7. The zero-order valence-electron chi connectivity index (χ0n) is 14.0. The highest BCUT2D eigenvalue weighted by Gasteiger charge is 2.26. The van der Waals surface area contributed by atoms with Crippen molar-refractivity contribution in [2.45, 2.75) is 13.0 Å². The highest BCUT2D eigenvalue weighted by molar-refractivity contribution is 6.02. The highest BCUT2D eigenvalue weighted by atomic mass is 16.6. The number of aryl methyl sites for hydroxylation is 1. The first-order valence-electron chi connectivity index (χ1n) is 8.12. The van der Waals surface area contributed by atoms with Crippen molar-refractivity contribution in [2.75, 3.05) is 0 Å². The minimum Gasteiger partial charge on any atom is -0.443 e. The molecule has 0 radical (unpaired) electrons. The molecule has 2 aromatic heterocycles. The number of nitrogens with zero attached hydrogens (tertiary/aromatic N) is 3. The molecule has 128 valence electrons. The summed E-state index contributed by atoms with van der Waals surface area (Å²) in [5.41, 5.74) is 0.991. The number of hydrogen-bond acceptors (Lipinski definition) is 6. The summed E-state index contributed by atoms with van der Waals surface area (Å²) in [7, 11) is 0. The van der Waals surface area contributed by atoms with Crippen LogP contribution in [0.3, 0.4) is 0 Å². The second-order valence-electron chi connectivity index (χ2n) is 5.76. The number of fused-ring (bicyclic) bond motifs is 1. The molecule has 0 amide bonds. The monoisotopic (exact) mass is 345 g/mol. The number of benzene rings is 2. The minimum atomic E-state index is -0.800. The summed E-state index contributed by atoms with van der Waals surface area (Å²) in [6, 6.07) is 18.7. The molecule has 0 aliphatic rings. The Morgan fingerprint density at radius 3 is 2.58 bits per heavy atom. The molecule has 0 aliphatic heterocycles. The third-order valence-electron chi connectivity index (χ3n) is 3.96. The number of esters is 1. The Morgan fingerprint density at radius 2 is 1.81 bits per heavy atom. The average molecular weight is 345 g/mol. The van der Waals surface area contributed by atoms with E-state index in [1.54, 1.807) is 13.1 Å². The van der Waals surface area contributed by atoms with Crippen molar-refractivity contribution in [3.8, 4) is 0 Å². The molecular weight excluding hydrogens is 330 g/mol. The maximum atomic E-state index is 12.8. The van der Waals surface area contributed by atoms with Gasteiger partial charge in [0.15, 0.2) is 11.5 Å². The molecule has 0 fully saturated rings. The summed E-state index contributed by atoms with van der Waals surface area (Å²) in [5, 5.41) is 5.45. The number of ether oxygens (including phenoxy) is 1. The number of rotatable bonds is 4. The zero-order chi connectivity index (χ0) is 17.9. The van der Waals surface area contributed by atoms with Gasteiger partial charge in [-0.3, -0.25) is 0 Å². The topological polar surface area (TPSA) is 78.1 Å². The number of aromatic nitrogens is 3. The maximum absolute atomic E-state index is 12.8. The van der Waals surface area contributed by atoms with Crippen LogP contribution in [0.25, 0.3) is 10.8 Å². The Hall–Kier alpha value is -3.54. The van der Waals surface area contributed by atoms with Crippen molar-refractivity contribution in [3.05, 3.63) is 89.8 Å². The van der Waals surface area contributed by atoms with Gasteiger partial charge in [0, 0.05) is 17.1 Å². The van der Waals surface area contributed by atoms with Crippen LogP contribution in [0, 0.1) is 6.92 Å². The lowest BCUT2D eigenvalue weighted by molar-refractivity contribution is 0.0310. The van der Waals surface area contributed by atoms with Crippen LogP contribution in [0.1, 0.15) is 33.9 Å². The van der Waals surface area contributed by atoms with Crippen molar-refractivity contribution < 1.29 is 14.1 Å². The molecule has 0 saturated heterocycles. The molecular formula is C20H15N3O3. The van der Waals surface area contributed by atoms with Gasteiger partial charge in [-0.25, -0.2) is 9.78 Å². The van der Waals surface area contributed by atoms with Gasteiger partial charge in [0.05, 0.1) is 0 Å². The van der Waals surface area contributed by atoms with Crippen LogP contribution in [0.2, 0.25) is 0 Å². The first-order valence-corrected chi connectivity index (χ1v) is 8.12. The molecule has 6 nitrogen and oxygen atoms in total. The second-order valence-corrected chi connectivity index (χ2v) is 5.76. The van der Waals surface area contributed by atoms with Gasteiger partial charge < -0.3 is 9.26 Å². The van der Waals surface area contributed by atoms with Crippen LogP contribution < -0.4 is 0 Å². The van der Waals surface area contributed by atoms with E-state index in [4.69, 9.17) is 9.26 Å². The largest absolute Gasteiger partial charge is 0.443 e. The van der Waals surface area contributed by atoms with Crippen LogP contribution in [-0.4, -0.2) is 21.1 Å². The third kappa shape index (κ3) is 3.04. The van der Waals surface area contributed by atoms with Crippen LogP contribution >= 0.6 is 0 Å². The van der Waals surface area contributed by atoms with E-state index in [0.717, 1.165) is 16.3 Å². The smallest absolute Gasteiger partial charge is 0.358 e. The molecule has 0 N–H and O–H groups in total. The highest BCUT2D eigenvalue weighted by Crippen LogP contribution is 2.27. The Balaban J connectivity index is 1.72. The van der Waals surface area contributed by atoms with Crippen LogP contribution in [0.5, 0.6) is 0 Å². The Labute approximate surface area is 149 Å². The van der Waals surface area contributed by atoms with Crippen LogP contribution in [-0.2, 0) is 4.74 Å². The van der Waals surface area contributed by atoms with Gasteiger partial charge in [-0.15, -0.1) is 0 Å². The van der Waals surface area contributed by atoms with Gasteiger partial charge in [0.1, 0.15) is 0 Å². The van der Waals surface area contributed by atoms with Crippen molar-refractivity contribution in [1.29, 1.82) is 0 Å². The minimum absolute atomic E-state index is 0.224. The van der Waals surface area contributed by atoms with E-state index >= 15 is 0 Å². The summed E-state index contributed by atoms with van der Waals surface area (Å²) in [4.78, 5) is 21.3. The Bertz CT molecular complexity index is 1050. The van der Waals surface area contributed by atoms with Crippen molar-refractivity contribution in [2.24, 2.45) is 0 Å². The average Bonchev–Trinajstić information content (AvgIpc) is 3.12. The van der Waals surface area contributed by atoms with E-state index in [9.17, 15) is 4.79 Å². The van der Waals surface area contributed by atoms with Gasteiger partial charge in [-0.1, -0.05) is 59.8 Å². The standard InChI is InChI=1S/C20H15N3O3/c1-13-22-19(26-23-13)18(15-8-3-2-4-9-15)25-20(24)17-16-10-6-5-7-14(16)11-12-21-17/h2-12,18H,1H3. The van der Waals surface area contributed by atoms with Gasteiger partial charge in [0.25, 0.3) is 5.89 Å². The lowest BCUT2D eigenvalue weighted by atomic mass is 10.1. The summed E-state index contributed by atoms with van der Waals surface area (Å²) >= 11 is 0. The SMILES string of the molecule is Cc1noc(C(OC(=O)c2nccc3ccccc23)c2ccccc2)n1. The second kappa shape index (κ2) is 6.76. The van der Waals surface area contributed by atoms with E-state index in [-0.39, 0.29) is 11.6 Å².